The number of carbonyl (C=O) groups is 2. The predicted octanol–water partition coefficient (Wildman–Crippen LogP) is 4.12. The van der Waals surface area contributed by atoms with Crippen molar-refractivity contribution in [1.82, 2.24) is 0 Å². The van der Waals surface area contributed by atoms with E-state index in [1.807, 2.05) is 36.4 Å². The molecule has 0 spiro atoms. The smallest absolute Gasteiger partial charge is 0.134 e. The largest absolute Gasteiger partial charge is 0.300 e. The first kappa shape index (κ1) is 14.7. The van der Waals surface area contributed by atoms with E-state index in [-0.39, 0.29) is 29.3 Å². The van der Waals surface area contributed by atoms with E-state index in [9.17, 15) is 9.59 Å². The van der Waals surface area contributed by atoms with E-state index in [2.05, 4.69) is 24.3 Å². The van der Waals surface area contributed by atoms with E-state index in [1.54, 1.807) is 6.92 Å². The van der Waals surface area contributed by atoms with Gasteiger partial charge in [-0.15, -0.1) is 0 Å². The first-order valence-electron chi connectivity index (χ1n) is 7.79. The molecule has 1 aliphatic carbocycles. The molecule has 0 amide bonds. The van der Waals surface area contributed by atoms with Gasteiger partial charge in [0.25, 0.3) is 0 Å². The molecule has 0 saturated heterocycles. The molecule has 3 unspecified atom stereocenters. The Morgan fingerprint density at radius 3 is 1.95 bits per heavy atom. The summed E-state index contributed by atoms with van der Waals surface area (Å²) in [4.78, 5) is 24.3. The van der Waals surface area contributed by atoms with Crippen molar-refractivity contribution in [2.75, 3.05) is 0 Å². The minimum atomic E-state index is -0.214. The van der Waals surface area contributed by atoms with Gasteiger partial charge < -0.3 is 0 Å². The second-order valence-electron chi connectivity index (χ2n) is 6.12. The molecule has 112 valence electrons. The van der Waals surface area contributed by atoms with Crippen LogP contribution in [0.15, 0.2) is 60.7 Å². The van der Waals surface area contributed by atoms with Crippen molar-refractivity contribution >= 4 is 11.6 Å². The average molecular weight is 292 g/mol. The van der Waals surface area contributed by atoms with Crippen LogP contribution in [-0.4, -0.2) is 11.6 Å². The van der Waals surface area contributed by atoms with Crippen molar-refractivity contribution in [3.05, 3.63) is 71.8 Å². The molecule has 2 aromatic carbocycles. The molecule has 3 atom stereocenters. The first-order valence-corrected chi connectivity index (χ1v) is 7.79. The molecule has 22 heavy (non-hydrogen) atoms. The number of rotatable bonds is 3. The Bertz CT molecular complexity index is 659. The van der Waals surface area contributed by atoms with E-state index in [0.717, 1.165) is 11.1 Å². The molecule has 0 bridgehead atoms. The van der Waals surface area contributed by atoms with Crippen LogP contribution in [0.4, 0.5) is 0 Å². The van der Waals surface area contributed by atoms with Gasteiger partial charge in [-0.25, -0.2) is 0 Å². The highest BCUT2D eigenvalue weighted by Gasteiger charge is 2.40. The summed E-state index contributed by atoms with van der Waals surface area (Å²) in [6, 6.07) is 20.3. The first-order chi connectivity index (χ1) is 10.7. The molecule has 0 N–H and O–H groups in total. The fourth-order valence-electron chi connectivity index (χ4n) is 3.67. The van der Waals surface area contributed by atoms with Gasteiger partial charge in [-0.3, -0.25) is 9.59 Å². The number of hydrogen-bond acceptors (Lipinski definition) is 2. The van der Waals surface area contributed by atoms with Crippen molar-refractivity contribution in [2.45, 2.75) is 31.6 Å². The second-order valence-corrected chi connectivity index (χ2v) is 6.12. The van der Waals surface area contributed by atoms with Crippen LogP contribution in [0.2, 0.25) is 0 Å². The normalized spacial score (nSPS) is 25.0. The Labute approximate surface area is 131 Å². The van der Waals surface area contributed by atoms with Gasteiger partial charge in [0.15, 0.2) is 0 Å². The van der Waals surface area contributed by atoms with E-state index < -0.39 is 0 Å². The van der Waals surface area contributed by atoms with Crippen molar-refractivity contribution in [3.8, 4) is 0 Å². The lowest BCUT2D eigenvalue weighted by atomic mass is 9.65. The minimum Gasteiger partial charge on any atom is -0.300 e. The summed E-state index contributed by atoms with van der Waals surface area (Å²) in [5.74, 6) is 0.260. The highest BCUT2D eigenvalue weighted by molar-refractivity contribution is 5.89. The number of carbonyl (C=O) groups excluding carboxylic acids is 2. The zero-order valence-electron chi connectivity index (χ0n) is 12.7. The summed E-state index contributed by atoms with van der Waals surface area (Å²) in [5.41, 5.74) is 2.31. The predicted molar refractivity (Wildman–Crippen MR) is 86.8 cm³/mol. The molecule has 2 aromatic rings. The van der Waals surface area contributed by atoms with Gasteiger partial charge in [-0.2, -0.15) is 0 Å². The minimum absolute atomic E-state index is 0.0822. The molecule has 1 aliphatic rings. The Balaban J connectivity index is 2.07. The molecule has 0 aliphatic heterocycles. The third-order valence-corrected chi connectivity index (χ3v) is 4.70. The van der Waals surface area contributed by atoms with Crippen molar-refractivity contribution < 1.29 is 9.59 Å². The Kier molecular flexibility index (Phi) is 4.19. The van der Waals surface area contributed by atoms with Gasteiger partial charge in [0.05, 0.1) is 0 Å². The Morgan fingerprint density at radius 2 is 1.41 bits per heavy atom. The fraction of sp³-hybridized carbons (Fsp3) is 0.300. The summed E-state index contributed by atoms with van der Waals surface area (Å²) in [7, 11) is 0. The van der Waals surface area contributed by atoms with Gasteiger partial charge >= 0.3 is 0 Å². The lowest BCUT2D eigenvalue weighted by molar-refractivity contribution is -0.130. The molecule has 3 rings (SSSR count). The third kappa shape index (κ3) is 2.87. The summed E-state index contributed by atoms with van der Waals surface area (Å²) >= 11 is 0. The lowest BCUT2D eigenvalue weighted by Gasteiger charge is -2.37. The van der Waals surface area contributed by atoms with Gasteiger partial charge in [0.2, 0.25) is 0 Å². The molecular formula is C20H20O2. The van der Waals surface area contributed by atoms with Crippen LogP contribution in [0.25, 0.3) is 0 Å². The number of hydrogen-bond donors (Lipinski definition) is 0. The highest BCUT2D eigenvalue weighted by Crippen LogP contribution is 2.46. The molecule has 0 aromatic heterocycles. The van der Waals surface area contributed by atoms with Crippen molar-refractivity contribution in [1.29, 1.82) is 0 Å². The Hall–Kier alpha value is -2.22. The molecule has 0 heterocycles. The quantitative estimate of drug-likeness (QED) is 0.852. The van der Waals surface area contributed by atoms with Crippen LogP contribution in [0, 0.1) is 5.92 Å². The van der Waals surface area contributed by atoms with Crippen LogP contribution in [0.5, 0.6) is 0 Å². The van der Waals surface area contributed by atoms with Crippen LogP contribution < -0.4 is 0 Å². The number of ketones is 2. The zero-order chi connectivity index (χ0) is 15.5. The van der Waals surface area contributed by atoms with Crippen LogP contribution in [-0.2, 0) is 9.59 Å². The van der Waals surface area contributed by atoms with E-state index in [1.165, 1.54) is 0 Å². The molecular weight excluding hydrogens is 272 g/mol. The van der Waals surface area contributed by atoms with Gasteiger partial charge in [0, 0.05) is 24.7 Å². The monoisotopic (exact) mass is 292 g/mol. The maximum Gasteiger partial charge on any atom is 0.134 e. The zero-order valence-corrected chi connectivity index (χ0v) is 12.7. The van der Waals surface area contributed by atoms with Crippen molar-refractivity contribution in [3.63, 3.8) is 0 Å². The van der Waals surface area contributed by atoms with Gasteiger partial charge in [-0.1, -0.05) is 60.7 Å². The maximum atomic E-state index is 12.2. The number of benzene rings is 2. The number of Topliss-reactive ketones (excluding diaryl/α,β-unsaturated/α-hetero) is 2. The van der Waals surface area contributed by atoms with Gasteiger partial charge in [-0.05, 0) is 24.0 Å². The van der Waals surface area contributed by atoms with E-state index in [0.29, 0.717) is 12.8 Å². The SMILES string of the molecule is CC(=O)C1CC(=O)CC(c2ccccc2)C1c1ccccc1. The standard InChI is InChI=1S/C20H20O2/c1-14(21)18-12-17(22)13-19(15-8-4-2-5-9-15)20(18)16-10-6-3-7-11-16/h2-11,18-20H,12-13H2,1H3. The van der Waals surface area contributed by atoms with Crippen molar-refractivity contribution in [2.24, 2.45) is 5.92 Å². The van der Waals surface area contributed by atoms with E-state index in [4.69, 9.17) is 0 Å². The third-order valence-electron chi connectivity index (χ3n) is 4.70. The molecule has 1 saturated carbocycles. The Morgan fingerprint density at radius 1 is 0.864 bits per heavy atom. The van der Waals surface area contributed by atoms with Crippen LogP contribution in [0.3, 0.4) is 0 Å². The topological polar surface area (TPSA) is 34.1 Å². The average Bonchev–Trinajstić information content (AvgIpc) is 2.55. The summed E-state index contributed by atoms with van der Waals surface area (Å²) in [5, 5.41) is 0. The summed E-state index contributed by atoms with van der Waals surface area (Å²) in [6.45, 7) is 1.61. The fourth-order valence-corrected chi connectivity index (χ4v) is 3.67. The maximum absolute atomic E-state index is 12.2. The highest BCUT2D eigenvalue weighted by atomic mass is 16.1. The molecule has 1 fully saturated rings. The lowest BCUT2D eigenvalue weighted by Crippen LogP contribution is -2.34. The van der Waals surface area contributed by atoms with Gasteiger partial charge in [0.1, 0.15) is 11.6 Å². The molecule has 2 nitrogen and oxygen atoms in total. The summed E-state index contributed by atoms with van der Waals surface area (Å²) in [6.07, 6.45) is 0.894. The van der Waals surface area contributed by atoms with E-state index >= 15 is 0 Å². The molecule has 2 heteroatoms. The van der Waals surface area contributed by atoms with Crippen LogP contribution >= 0.6 is 0 Å². The van der Waals surface area contributed by atoms with Crippen LogP contribution in [0.1, 0.15) is 42.7 Å². The second kappa shape index (κ2) is 6.27. The summed E-state index contributed by atoms with van der Waals surface area (Å²) < 4.78 is 0. The molecule has 0 radical (unpaired) electrons.